The van der Waals surface area contributed by atoms with Gasteiger partial charge in [0.2, 0.25) is 5.91 Å². The lowest BCUT2D eigenvalue weighted by atomic mass is 9.43. The Kier molecular flexibility index (Phi) is 11.1. The van der Waals surface area contributed by atoms with Gasteiger partial charge in [0.1, 0.15) is 23.9 Å². The topological polar surface area (TPSA) is 132 Å². The molecule has 5 fully saturated rings. The number of benzene rings is 2. The molecule has 2 saturated heterocycles. The van der Waals surface area contributed by atoms with Crippen molar-refractivity contribution in [3.63, 3.8) is 0 Å². The van der Waals surface area contributed by atoms with Gasteiger partial charge in [0.05, 0.1) is 26.4 Å². The number of ketones is 1. The third-order valence-electron chi connectivity index (χ3n) is 13.1. The lowest BCUT2D eigenvalue weighted by Gasteiger charge is -2.62. The Labute approximate surface area is 308 Å². The van der Waals surface area contributed by atoms with Gasteiger partial charge in [-0.15, -0.1) is 0 Å². The maximum atomic E-state index is 14.3. The van der Waals surface area contributed by atoms with E-state index in [2.05, 4.69) is 26.1 Å². The van der Waals surface area contributed by atoms with Crippen LogP contribution in [0.3, 0.4) is 0 Å². The summed E-state index contributed by atoms with van der Waals surface area (Å²) >= 11 is 0. The molecule has 11 nitrogen and oxygen atoms in total. The van der Waals surface area contributed by atoms with E-state index in [1.165, 1.54) is 6.42 Å². The van der Waals surface area contributed by atoms with E-state index in [4.69, 9.17) is 9.57 Å². The normalized spacial score (nSPS) is 30.1. The predicted molar refractivity (Wildman–Crippen MR) is 200 cm³/mol. The van der Waals surface area contributed by atoms with Gasteiger partial charge in [0.15, 0.2) is 5.78 Å². The highest BCUT2D eigenvalue weighted by Crippen LogP contribution is 2.63. The highest BCUT2D eigenvalue weighted by atomic mass is 16.7. The van der Waals surface area contributed by atoms with Crippen molar-refractivity contribution in [1.82, 2.24) is 15.3 Å². The summed E-state index contributed by atoms with van der Waals surface area (Å²) in [4.78, 5) is 50.8. The van der Waals surface area contributed by atoms with E-state index in [9.17, 15) is 24.6 Å². The van der Waals surface area contributed by atoms with Crippen molar-refractivity contribution in [2.45, 2.75) is 90.6 Å². The van der Waals surface area contributed by atoms with Crippen LogP contribution >= 0.6 is 0 Å². The van der Waals surface area contributed by atoms with Gasteiger partial charge in [-0.25, -0.2) is 0 Å². The number of likely N-dealkylation sites (N-methyl/N-ethyl adjacent to an activating group) is 1. The first-order valence-electron chi connectivity index (χ1n) is 19.0. The van der Waals surface area contributed by atoms with Gasteiger partial charge in [-0.05, 0) is 85.5 Å². The van der Waals surface area contributed by atoms with Crippen molar-refractivity contribution < 1.29 is 34.2 Å². The number of Topliss-reactive ketones (excluding diaryl/α,β-unsaturated/α-hetero) is 1. The molecular formula is C41H58N4O7. The fraction of sp³-hybridized carbons (Fsp3) is 0.634. The van der Waals surface area contributed by atoms with Crippen LogP contribution in [0.5, 0.6) is 5.75 Å². The first-order chi connectivity index (χ1) is 24.7. The maximum absolute atomic E-state index is 14.3. The summed E-state index contributed by atoms with van der Waals surface area (Å²) in [6.45, 7) is 9.04. The third kappa shape index (κ3) is 6.85. The molecule has 3 saturated carbocycles. The minimum Gasteiger partial charge on any atom is -0.496 e. The van der Waals surface area contributed by atoms with Crippen LogP contribution in [0.2, 0.25) is 0 Å². The lowest BCUT2D eigenvalue weighted by Crippen LogP contribution is -2.55. The number of fused-ring (bicyclic) bond motifs is 2. The van der Waals surface area contributed by atoms with Gasteiger partial charge in [-0.2, -0.15) is 5.06 Å². The van der Waals surface area contributed by atoms with Crippen molar-refractivity contribution in [3.8, 4) is 16.9 Å². The Bertz CT molecular complexity index is 1660. The van der Waals surface area contributed by atoms with Crippen molar-refractivity contribution >= 4 is 23.3 Å². The first-order valence-corrected chi connectivity index (χ1v) is 19.0. The van der Waals surface area contributed by atoms with E-state index >= 15 is 0 Å². The second kappa shape index (κ2) is 15.1. The summed E-state index contributed by atoms with van der Waals surface area (Å²) in [5.41, 5.74) is 3.89. The molecule has 284 valence electrons. The summed E-state index contributed by atoms with van der Waals surface area (Å²) < 4.78 is 6.07. The molecular weight excluding hydrogens is 660 g/mol. The number of likely N-dealkylation sites (tertiary alicyclic amines) is 1. The van der Waals surface area contributed by atoms with Gasteiger partial charge >= 0.3 is 0 Å². The van der Waals surface area contributed by atoms with Crippen molar-refractivity contribution in [1.29, 1.82) is 0 Å². The van der Waals surface area contributed by atoms with E-state index in [1.807, 2.05) is 55.4 Å². The maximum Gasteiger partial charge on any atom is 0.254 e. The minimum atomic E-state index is -0.871. The third-order valence-corrected chi connectivity index (χ3v) is 13.1. The SMILES string of the molecule is CNC(=O)[C@@H]1CCCN1C(=O)c1cc(-c2cccc(CN3O[C@@H](CO)[C@@H]([C@H](C)O)[C@H]3C(=O)C[C@H]3C[C@H]4C[C@@H]([C@@H]3C)C4(C)C)c2OC)cc(N(C)C)c1. The molecule has 52 heavy (non-hydrogen) atoms. The van der Waals surface area contributed by atoms with Gasteiger partial charge < -0.3 is 30.1 Å². The zero-order valence-corrected chi connectivity index (χ0v) is 32.1. The molecule has 0 spiro atoms. The molecule has 2 aliphatic heterocycles. The Morgan fingerprint density at radius 2 is 1.90 bits per heavy atom. The van der Waals surface area contributed by atoms with E-state index in [0.717, 1.165) is 35.2 Å². The highest BCUT2D eigenvalue weighted by molar-refractivity contribution is 6.00. The fourth-order valence-electron chi connectivity index (χ4n) is 9.96. The molecule has 0 unspecified atom stereocenters. The number of rotatable bonds is 12. The number of nitrogens with zero attached hydrogens (tertiary/aromatic N) is 3. The highest BCUT2D eigenvalue weighted by Gasteiger charge is 2.57. The molecule has 0 aromatic heterocycles. The predicted octanol–water partition coefficient (Wildman–Crippen LogP) is 4.53. The standard InChI is InChI=1S/C41H58N4O7/c1-23-26(16-29-20-32(23)41(29,3)4)19-34(48)37-36(24(2)47)35(22-46)52-45(37)21-25-11-9-12-31(38(25)51-8)27-15-28(18-30(17-27)43(6)7)40(50)44-14-10-13-33(44)39(49)42-5/h9,11-12,15,17-18,23-24,26,29,32-33,35-37,46-47H,10,13-14,16,19-22H2,1-8H3,(H,42,49)/t23-,24+,26-,29+,32+,33+,35+,36-,37-/m1/s1. The summed E-state index contributed by atoms with van der Waals surface area (Å²) in [5.74, 6) is 1.59. The van der Waals surface area contributed by atoms with Gasteiger partial charge in [0, 0.05) is 62.4 Å². The molecule has 7 rings (SSSR count). The Morgan fingerprint density at radius 1 is 1.15 bits per heavy atom. The number of hydrogen-bond donors (Lipinski definition) is 3. The lowest BCUT2D eigenvalue weighted by molar-refractivity contribution is -0.183. The number of para-hydroxylation sites is 1. The molecule has 2 aromatic carbocycles. The summed E-state index contributed by atoms with van der Waals surface area (Å²) in [7, 11) is 7.02. The molecule has 5 aliphatic rings. The number of anilines is 1. The molecule has 11 heteroatoms. The van der Waals surface area contributed by atoms with E-state index in [0.29, 0.717) is 53.9 Å². The van der Waals surface area contributed by atoms with Gasteiger partial charge in [0.25, 0.3) is 5.91 Å². The average Bonchev–Trinajstić information content (AvgIpc) is 3.76. The van der Waals surface area contributed by atoms with E-state index in [-0.39, 0.29) is 36.7 Å². The molecule has 3 aliphatic carbocycles. The zero-order chi connectivity index (χ0) is 37.6. The van der Waals surface area contributed by atoms with E-state index in [1.54, 1.807) is 31.0 Å². The molecule has 3 N–H and O–H groups in total. The fourth-order valence-corrected chi connectivity index (χ4v) is 9.96. The Balaban J connectivity index is 1.31. The number of carbonyl (C=O) groups excluding carboxylic acids is 3. The van der Waals surface area contributed by atoms with Gasteiger partial charge in [-0.3, -0.25) is 19.2 Å². The number of aliphatic hydroxyl groups excluding tert-OH is 2. The van der Waals surface area contributed by atoms with Crippen LogP contribution in [0.15, 0.2) is 36.4 Å². The second-order valence-electron chi connectivity index (χ2n) is 16.5. The number of carbonyl (C=O) groups is 3. The zero-order valence-electron chi connectivity index (χ0n) is 32.1. The quantitative estimate of drug-likeness (QED) is 0.290. The monoisotopic (exact) mass is 718 g/mol. The number of hydroxylamine groups is 2. The van der Waals surface area contributed by atoms with Crippen LogP contribution in [0, 0.1) is 35.0 Å². The largest absolute Gasteiger partial charge is 0.496 e. The van der Waals surface area contributed by atoms with Crippen molar-refractivity contribution in [2.24, 2.45) is 35.0 Å². The smallest absolute Gasteiger partial charge is 0.254 e. The van der Waals surface area contributed by atoms with Crippen molar-refractivity contribution in [3.05, 3.63) is 47.5 Å². The Hall–Kier alpha value is -3.51. The summed E-state index contributed by atoms with van der Waals surface area (Å²) in [5, 5.41) is 25.6. The molecule has 2 aromatic rings. The number of ether oxygens (including phenoxy) is 1. The molecule has 2 amide bonds. The van der Waals surface area contributed by atoms with Crippen LogP contribution in [0.4, 0.5) is 5.69 Å². The van der Waals surface area contributed by atoms with Crippen LogP contribution in [0.25, 0.3) is 11.1 Å². The van der Waals surface area contributed by atoms with Crippen LogP contribution in [0.1, 0.15) is 75.7 Å². The van der Waals surface area contributed by atoms with Crippen LogP contribution in [-0.4, -0.2) is 103 Å². The number of methoxy groups -OCH3 is 1. The number of hydrogen-bond acceptors (Lipinski definition) is 9. The Morgan fingerprint density at radius 3 is 2.52 bits per heavy atom. The molecule has 2 heterocycles. The van der Waals surface area contributed by atoms with Crippen molar-refractivity contribution in [2.75, 3.05) is 46.3 Å². The summed E-state index contributed by atoms with van der Waals surface area (Å²) in [6, 6.07) is 10.2. The number of amides is 2. The summed E-state index contributed by atoms with van der Waals surface area (Å²) in [6.07, 6.45) is 2.46. The van der Waals surface area contributed by atoms with Crippen LogP contribution < -0.4 is 15.0 Å². The number of nitrogens with one attached hydrogen (secondary N) is 1. The number of aliphatic hydroxyl groups is 2. The van der Waals surface area contributed by atoms with Crippen LogP contribution in [-0.2, 0) is 21.0 Å². The first kappa shape index (κ1) is 38.2. The molecule has 9 atom stereocenters. The average molecular weight is 719 g/mol. The molecule has 0 radical (unpaired) electrons. The minimum absolute atomic E-state index is 0.0340. The van der Waals surface area contributed by atoms with Gasteiger partial charge in [-0.1, -0.05) is 39.0 Å². The second-order valence-corrected chi connectivity index (χ2v) is 16.5. The molecule has 2 bridgehead atoms. The van der Waals surface area contributed by atoms with E-state index < -0.39 is 30.2 Å².